The van der Waals surface area contributed by atoms with Crippen molar-refractivity contribution in [3.8, 4) is 28.4 Å². The molecule has 0 amide bonds. The van der Waals surface area contributed by atoms with Gasteiger partial charge in [0, 0.05) is 5.56 Å². The largest absolute Gasteiger partial charge is 0.647 e. The molecule has 0 saturated heterocycles. The Bertz CT molecular complexity index is 860. The fourth-order valence-electron chi connectivity index (χ4n) is 3.81. The summed E-state index contributed by atoms with van der Waals surface area (Å²) in [5.74, 6) is 2.47. The lowest BCUT2D eigenvalue weighted by atomic mass is 9.93. The molecule has 144 valence electrons. The van der Waals surface area contributed by atoms with Crippen LogP contribution < -0.4 is 13.6 Å². The highest BCUT2D eigenvalue weighted by Gasteiger charge is 2.51. The lowest BCUT2D eigenvalue weighted by molar-refractivity contribution is 0.353. The first-order valence-corrected chi connectivity index (χ1v) is 11.5. The van der Waals surface area contributed by atoms with Crippen LogP contribution in [0.4, 0.5) is 0 Å². The molecule has 2 aliphatic rings. The zero-order valence-electron chi connectivity index (χ0n) is 16.1. The Labute approximate surface area is 161 Å². The van der Waals surface area contributed by atoms with Gasteiger partial charge in [0.1, 0.15) is 0 Å². The van der Waals surface area contributed by atoms with Crippen LogP contribution in [-0.4, -0.2) is 0 Å². The van der Waals surface area contributed by atoms with Crippen LogP contribution in [0.3, 0.4) is 0 Å². The molecule has 0 fully saturated rings. The van der Waals surface area contributed by atoms with Gasteiger partial charge in [-0.1, -0.05) is 76.3 Å². The number of fused-ring (bicyclic) bond motifs is 1. The maximum atomic E-state index is 12.4. The smallest absolute Gasteiger partial charge is 0.382 e. The number of benzene rings is 2. The van der Waals surface area contributed by atoms with E-state index in [0.717, 1.165) is 35.4 Å². The molecule has 2 bridgehead atoms. The van der Waals surface area contributed by atoms with E-state index in [1.807, 2.05) is 24.3 Å². The van der Waals surface area contributed by atoms with Crippen molar-refractivity contribution in [2.45, 2.75) is 58.8 Å². The molecule has 0 saturated carbocycles. The maximum Gasteiger partial charge on any atom is 0.647 e. The van der Waals surface area contributed by atoms with Gasteiger partial charge in [-0.25, -0.2) is 0 Å². The summed E-state index contributed by atoms with van der Waals surface area (Å²) in [7, 11) is -3.45. The fraction of sp³-hybridized carbons (Fsp3) is 0.455. The van der Waals surface area contributed by atoms with Gasteiger partial charge in [-0.2, -0.15) is 4.57 Å². The average molecular weight is 386 g/mol. The Hall–Kier alpha value is -1.93. The number of unbranched alkanes of at least 4 members (excludes halogenated alkanes) is 4. The topological polar surface area (TPSA) is 44.8 Å². The van der Waals surface area contributed by atoms with Crippen LogP contribution in [0, 0.1) is 5.92 Å². The van der Waals surface area contributed by atoms with Crippen LogP contribution in [0.1, 0.15) is 57.9 Å². The van der Waals surface area contributed by atoms with E-state index in [2.05, 4.69) is 26.0 Å². The van der Waals surface area contributed by atoms with E-state index in [-0.39, 0.29) is 0 Å². The maximum absolute atomic E-state index is 12.4. The molecule has 4 rings (SSSR count). The van der Waals surface area contributed by atoms with E-state index < -0.39 is 7.82 Å². The Morgan fingerprint density at radius 1 is 0.889 bits per heavy atom. The monoisotopic (exact) mass is 386 g/mol. The molecule has 0 aliphatic carbocycles. The second kappa shape index (κ2) is 7.59. The van der Waals surface area contributed by atoms with Crippen molar-refractivity contribution in [1.29, 1.82) is 0 Å². The summed E-state index contributed by atoms with van der Waals surface area (Å²) < 4.78 is 28.8. The normalized spacial score (nSPS) is 19.1. The summed E-state index contributed by atoms with van der Waals surface area (Å²) in [6, 6.07) is 12.2. The SMILES string of the molecule is CC(C)CCCCCCCc1c(-c2ccccc2)cc2c3c1OP(=O)(O2)O3. The second-order valence-electron chi connectivity index (χ2n) is 7.85. The fourth-order valence-corrected chi connectivity index (χ4v) is 5.12. The van der Waals surface area contributed by atoms with Gasteiger partial charge in [0.15, 0.2) is 11.5 Å². The van der Waals surface area contributed by atoms with Crippen molar-refractivity contribution in [3.63, 3.8) is 0 Å². The predicted octanol–water partition coefficient (Wildman–Crippen LogP) is 7.16. The van der Waals surface area contributed by atoms with Crippen LogP contribution in [0.15, 0.2) is 36.4 Å². The van der Waals surface area contributed by atoms with Gasteiger partial charge in [0.05, 0.1) is 0 Å². The molecule has 27 heavy (non-hydrogen) atoms. The highest BCUT2D eigenvalue weighted by Crippen LogP contribution is 2.70. The molecule has 0 radical (unpaired) electrons. The van der Waals surface area contributed by atoms with Crippen LogP contribution >= 0.6 is 7.82 Å². The highest BCUT2D eigenvalue weighted by atomic mass is 31.2. The summed E-state index contributed by atoms with van der Waals surface area (Å²) in [5, 5.41) is 0. The Morgan fingerprint density at radius 2 is 1.59 bits per heavy atom. The first kappa shape index (κ1) is 18.4. The summed E-state index contributed by atoms with van der Waals surface area (Å²) >= 11 is 0. The third kappa shape index (κ3) is 3.87. The molecule has 0 aromatic heterocycles. The molecule has 1 unspecified atom stereocenters. The summed E-state index contributed by atoms with van der Waals surface area (Å²) in [6.45, 7) is 4.56. The number of rotatable bonds is 9. The number of phosphoric ester groups is 1. The van der Waals surface area contributed by atoms with E-state index >= 15 is 0 Å². The van der Waals surface area contributed by atoms with Crippen molar-refractivity contribution in [2.75, 3.05) is 0 Å². The van der Waals surface area contributed by atoms with Crippen LogP contribution in [0.25, 0.3) is 11.1 Å². The van der Waals surface area contributed by atoms with Gasteiger partial charge >= 0.3 is 7.82 Å². The highest BCUT2D eigenvalue weighted by molar-refractivity contribution is 7.50. The van der Waals surface area contributed by atoms with Crippen LogP contribution in [0.2, 0.25) is 0 Å². The van der Waals surface area contributed by atoms with Crippen LogP contribution in [0.5, 0.6) is 17.2 Å². The lowest BCUT2D eigenvalue weighted by Crippen LogP contribution is -2.02. The summed E-state index contributed by atoms with van der Waals surface area (Å²) in [6.07, 6.45) is 8.35. The average Bonchev–Trinajstić information content (AvgIpc) is 3.16. The molecule has 2 heterocycles. The van der Waals surface area contributed by atoms with Crippen LogP contribution in [-0.2, 0) is 11.0 Å². The van der Waals surface area contributed by atoms with Gasteiger partial charge in [-0.3, -0.25) is 0 Å². The third-order valence-corrected chi connectivity index (χ3v) is 6.45. The molecule has 5 heteroatoms. The van der Waals surface area contributed by atoms with E-state index in [1.165, 1.54) is 32.1 Å². The first-order chi connectivity index (χ1) is 13.1. The molecule has 2 aliphatic heterocycles. The van der Waals surface area contributed by atoms with Gasteiger partial charge in [-0.15, -0.1) is 0 Å². The first-order valence-electron chi connectivity index (χ1n) is 10.00. The predicted molar refractivity (Wildman–Crippen MR) is 108 cm³/mol. The molecule has 0 N–H and O–H groups in total. The Morgan fingerprint density at radius 3 is 2.33 bits per heavy atom. The molecular formula is C22H27O4P. The number of hydrogen-bond donors (Lipinski definition) is 0. The molecule has 0 spiro atoms. The van der Waals surface area contributed by atoms with Crippen molar-refractivity contribution in [2.24, 2.45) is 5.92 Å². The third-order valence-electron chi connectivity index (χ3n) is 5.21. The van der Waals surface area contributed by atoms with Gasteiger partial charge in [-0.05, 0) is 36.0 Å². The standard InChI is InChI=1S/C22H27O4P/c1-16(2)11-7-4-3-5-10-14-18-19(17-12-8-6-9-13-17)15-20-22-21(18)25-27(23,24-20)26-22/h6,8-9,12-13,15-16H,3-5,7,10-11,14H2,1-2H3. The Kier molecular flexibility index (Phi) is 5.19. The van der Waals surface area contributed by atoms with Gasteiger partial charge in [0.25, 0.3) is 0 Å². The summed E-state index contributed by atoms with van der Waals surface area (Å²) in [5.41, 5.74) is 3.29. The van der Waals surface area contributed by atoms with Gasteiger partial charge < -0.3 is 13.6 Å². The lowest BCUT2D eigenvalue weighted by Gasteiger charge is -2.17. The van der Waals surface area contributed by atoms with E-state index in [9.17, 15) is 4.57 Å². The summed E-state index contributed by atoms with van der Waals surface area (Å²) in [4.78, 5) is 0. The minimum Gasteiger partial charge on any atom is -0.382 e. The molecule has 1 atom stereocenters. The van der Waals surface area contributed by atoms with Gasteiger partial charge in [0.2, 0.25) is 5.75 Å². The number of phosphoric acid groups is 1. The van der Waals surface area contributed by atoms with E-state index in [4.69, 9.17) is 13.6 Å². The van der Waals surface area contributed by atoms with E-state index in [0.29, 0.717) is 17.2 Å². The zero-order valence-corrected chi connectivity index (χ0v) is 17.0. The minimum atomic E-state index is -3.45. The minimum absolute atomic E-state index is 0.518. The molecule has 2 aromatic carbocycles. The zero-order chi connectivity index (χ0) is 18.9. The molecule has 4 nitrogen and oxygen atoms in total. The number of hydrogen-bond acceptors (Lipinski definition) is 4. The molecule has 2 aromatic rings. The van der Waals surface area contributed by atoms with Crippen molar-refractivity contribution < 1.29 is 18.1 Å². The van der Waals surface area contributed by atoms with Crippen molar-refractivity contribution in [3.05, 3.63) is 42.0 Å². The molecular weight excluding hydrogens is 359 g/mol. The van der Waals surface area contributed by atoms with Crippen molar-refractivity contribution in [1.82, 2.24) is 0 Å². The second-order valence-corrected chi connectivity index (χ2v) is 9.29. The van der Waals surface area contributed by atoms with E-state index in [1.54, 1.807) is 0 Å². The Balaban J connectivity index is 1.48. The van der Waals surface area contributed by atoms with Crippen molar-refractivity contribution >= 4 is 7.82 Å². The quantitative estimate of drug-likeness (QED) is 0.339.